The fourth-order valence-electron chi connectivity index (χ4n) is 4.10. The lowest BCUT2D eigenvalue weighted by Gasteiger charge is -2.32. The number of nitrogens with one attached hydrogen (secondary N) is 2. The van der Waals surface area contributed by atoms with Crippen molar-refractivity contribution in [3.05, 3.63) is 29.3 Å². The van der Waals surface area contributed by atoms with E-state index in [2.05, 4.69) is 10.6 Å². The van der Waals surface area contributed by atoms with E-state index in [4.69, 9.17) is 11.6 Å². The van der Waals surface area contributed by atoms with Crippen LogP contribution in [0.2, 0.25) is 5.02 Å². The SMILES string of the molecule is C[C@H](NC(=O)[C@H]1CCCN(S(=O)(=O)c2ccc(Cl)cc2)C1)C(=O)NC1CCCCC1. The van der Waals surface area contributed by atoms with Crippen LogP contribution in [0.15, 0.2) is 29.2 Å². The Morgan fingerprint density at radius 3 is 2.40 bits per heavy atom. The van der Waals surface area contributed by atoms with E-state index in [9.17, 15) is 18.0 Å². The number of hydrogen-bond donors (Lipinski definition) is 2. The summed E-state index contributed by atoms with van der Waals surface area (Å²) in [5, 5.41) is 6.25. The number of carbonyl (C=O) groups excluding carboxylic acids is 2. The maximum absolute atomic E-state index is 12.9. The molecule has 2 aliphatic rings. The van der Waals surface area contributed by atoms with Crippen molar-refractivity contribution in [1.82, 2.24) is 14.9 Å². The van der Waals surface area contributed by atoms with Crippen molar-refractivity contribution in [3.8, 4) is 0 Å². The first-order valence-corrected chi connectivity index (χ1v) is 12.5. The molecule has 2 atom stereocenters. The van der Waals surface area contributed by atoms with Crippen LogP contribution in [-0.2, 0) is 19.6 Å². The van der Waals surface area contributed by atoms with E-state index in [1.807, 2.05) is 0 Å². The first-order chi connectivity index (χ1) is 14.3. The van der Waals surface area contributed by atoms with Gasteiger partial charge in [-0.05, 0) is 56.9 Å². The Labute approximate surface area is 183 Å². The van der Waals surface area contributed by atoms with E-state index in [0.29, 0.717) is 24.4 Å². The predicted molar refractivity (Wildman–Crippen MR) is 116 cm³/mol. The van der Waals surface area contributed by atoms with Crippen LogP contribution >= 0.6 is 11.6 Å². The van der Waals surface area contributed by atoms with Gasteiger partial charge in [-0.1, -0.05) is 30.9 Å². The average Bonchev–Trinajstić information content (AvgIpc) is 2.74. The Morgan fingerprint density at radius 1 is 1.07 bits per heavy atom. The third kappa shape index (κ3) is 5.74. The van der Waals surface area contributed by atoms with Gasteiger partial charge in [0.15, 0.2) is 0 Å². The molecule has 1 heterocycles. The quantitative estimate of drug-likeness (QED) is 0.689. The lowest BCUT2D eigenvalue weighted by molar-refractivity contribution is -0.131. The molecule has 166 valence electrons. The highest BCUT2D eigenvalue weighted by Gasteiger charge is 2.34. The first kappa shape index (κ1) is 23.0. The normalized spacial score (nSPS) is 22.3. The van der Waals surface area contributed by atoms with E-state index in [1.165, 1.54) is 35.0 Å². The summed E-state index contributed by atoms with van der Waals surface area (Å²) in [7, 11) is -3.69. The van der Waals surface area contributed by atoms with Gasteiger partial charge in [-0.3, -0.25) is 9.59 Å². The van der Waals surface area contributed by atoms with E-state index in [-0.39, 0.29) is 29.3 Å². The third-order valence-electron chi connectivity index (χ3n) is 5.91. The minimum Gasteiger partial charge on any atom is -0.352 e. The lowest BCUT2D eigenvalue weighted by atomic mass is 9.95. The predicted octanol–water partition coefficient (Wildman–Crippen LogP) is 2.69. The van der Waals surface area contributed by atoms with E-state index < -0.39 is 22.0 Å². The number of benzene rings is 1. The van der Waals surface area contributed by atoms with Gasteiger partial charge in [0.05, 0.1) is 10.8 Å². The lowest BCUT2D eigenvalue weighted by Crippen LogP contribution is -2.52. The van der Waals surface area contributed by atoms with Gasteiger partial charge >= 0.3 is 0 Å². The summed E-state index contributed by atoms with van der Waals surface area (Å²) in [5.74, 6) is -0.945. The van der Waals surface area contributed by atoms with Gasteiger partial charge < -0.3 is 10.6 Å². The molecule has 0 radical (unpaired) electrons. The standard InChI is InChI=1S/C21H30ClN3O4S/c1-15(20(26)24-18-7-3-2-4-8-18)23-21(27)16-6-5-13-25(14-16)30(28,29)19-11-9-17(22)10-12-19/h9-12,15-16,18H,2-8,13-14H2,1H3,(H,23,27)(H,24,26)/t15-,16-/m0/s1. The topological polar surface area (TPSA) is 95.6 Å². The van der Waals surface area contributed by atoms with Crippen molar-refractivity contribution < 1.29 is 18.0 Å². The molecule has 1 aromatic carbocycles. The second kappa shape index (κ2) is 10.1. The number of carbonyl (C=O) groups is 2. The Hall–Kier alpha value is -1.64. The second-order valence-corrected chi connectivity index (χ2v) is 10.6. The molecule has 2 fully saturated rings. The summed E-state index contributed by atoms with van der Waals surface area (Å²) in [4.78, 5) is 25.3. The van der Waals surface area contributed by atoms with Gasteiger partial charge in [-0.2, -0.15) is 4.31 Å². The van der Waals surface area contributed by atoms with Gasteiger partial charge in [0.2, 0.25) is 21.8 Å². The Kier molecular flexibility index (Phi) is 7.76. The van der Waals surface area contributed by atoms with Crippen LogP contribution in [0.1, 0.15) is 51.9 Å². The summed E-state index contributed by atoms with van der Waals surface area (Å²) in [6, 6.07) is 5.55. The maximum Gasteiger partial charge on any atom is 0.243 e. The van der Waals surface area contributed by atoms with Crippen molar-refractivity contribution in [2.75, 3.05) is 13.1 Å². The summed E-state index contributed by atoms with van der Waals surface area (Å²) in [5.41, 5.74) is 0. The molecule has 1 aliphatic carbocycles. The molecule has 1 saturated carbocycles. The number of rotatable bonds is 6. The monoisotopic (exact) mass is 455 g/mol. The second-order valence-electron chi connectivity index (χ2n) is 8.23. The summed E-state index contributed by atoms with van der Waals surface area (Å²) < 4.78 is 27.2. The number of sulfonamides is 1. The molecular formula is C21H30ClN3O4S. The molecule has 1 saturated heterocycles. The molecule has 30 heavy (non-hydrogen) atoms. The van der Waals surface area contributed by atoms with E-state index in [0.717, 1.165) is 25.7 Å². The van der Waals surface area contributed by atoms with Crippen molar-refractivity contribution >= 4 is 33.4 Å². The van der Waals surface area contributed by atoms with Crippen LogP contribution in [0.5, 0.6) is 0 Å². The van der Waals surface area contributed by atoms with Crippen molar-refractivity contribution in [2.24, 2.45) is 5.92 Å². The summed E-state index contributed by atoms with van der Waals surface area (Å²) >= 11 is 5.85. The van der Waals surface area contributed by atoms with Gasteiger partial charge in [0.25, 0.3) is 0 Å². The molecule has 3 rings (SSSR count). The van der Waals surface area contributed by atoms with Gasteiger partial charge in [-0.15, -0.1) is 0 Å². The first-order valence-electron chi connectivity index (χ1n) is 10.6. The largest absolute Gasteiger partial charge is 0.352 e. The molecular weight excluding hydrogens is 426 g/mol. The molecule has 7 nitrogen and oxygen atoms in total. The van der Waals surface area contributed by atoms with Crippen LogP contribution in [0.4, 0.5) is 0 Å². The minimum atomic E-state index is -3.69. The smallest absolute Gasteiger partial charge is 0.243 e. The Bertz CT molecular complexity index is 854. The maximum atomic E-state index is 12.9. The molecule has 0 aromatic heterocycles. The van der Waals surface area contributed by atoms with Crippen LogP contribution in [0.3, 0.4) is 0 Å². The average molecular weight is 456 g/mol. The minimum absolute atomic E-state index is 0.105. The van der Waals surface area contributed by atoms with E-state index in [1.54, 1.807) is 6.92 Å². The number of halogens is 1. The molecule has 0 spiro atoms. The molecule has 1 aromatic rings. The number of piperidine rings is 1. The Balaban J connectivity index is 1.57. The fourth-order valence-corrected chi connectivity index (χ4v) is 5.75. The Morgan fingerprint density at radius 2 is 1.73 bits per heavy atom. The van der Waals surface area contributed by atoms with Crippen molar-refractivity contribution in [1.29, 1.82) is 0 Å². The fraction of sp³-hybridized carbons (Fsp3) is 0.619. The van der Waals surface area contributed by atoms with Crippen LogP contribution in [0, 0.1) is 5.92 Å². The molecule has 2 N–H and O–H groups in total. The van der Waals surface area contributed by atoms with Crippen molar-refractivity contribution in [2.45, 2.75) is 68.8 Å². The van der Waals surface area contributed by atoms with Gasteiger partial charge in [0.1, 0.15) is 6.04 Å². The zero-order chi connectivity index (χ0) is 21.7. The summed E-state index contributed by atoms with van der Waals surface area (Å²) in [6.07, 6.45) is 6.58. The van der Waals surface area contributed by atoms with Gasteiger partial charge in [0, 0.05) is 24.2 Å². The van der Waals surface area contributed by atoms with Gasteiger partial charge in [-0.25, -0.2) is 8.42 Å². The van der Waals surface area contributed by atoms with Crippen molar-refractivity contribution in [3.63, 3.8) is 0 Å². The molecule has 0 unspecified atom stereocenters. The molecule has 9 heteroatoms. The highest BCUT2D eigenvalue weighted by molar-refractivity contribution is 7.89. The van der Waals surface area contributed by atoms with Crippen LogP contribution in [-0.4, -0.2) is 49.7 Å². The molecule has 2 amide bonds. The molecule has 1 aliphatic heterocycles. The summed E-state index contributed by atoms with van der Waals surface area (Å²) in [6.45, 7) is 2.14. The van der Waals surface area contributed by atoms with Crippen LogP contribution in [0.25, 0.3) is 0 Å². The number of hydrogen-bond acceptors (Lipinski definition) is 4. The highest BCUT2D eigenvalue weighted by Crippen LogP contribution is 2.25. The zero-order valence-electron chi connectivity index (χ0n) is 17.3. The number of amides is 2. The highest BCUT2D eigenvalue weighted by atomic mass is 35.5. The number of nitrogens with zero attached hydrogens (tertiary/aromatic N) is 1. The zero-order valence-corrected chi connectivity index (χ0v) is 18.8. The molecule has 0 bridgehead atoms. The third-order valence-corrected chi connectivity index (χ3v) is 8.04. The van der Waals surface area contributed by atoms with Crippen LogP contribution < -0.4 is 10.6 Å². The van der Waals surface area contributed by atoms with E-state index >= 15 is 0 Å².